The summed E-state index contributed by atoms with van der Waals surface area (Å²) in [5.41, 5.74) is 0.878. The minimum atomic E-state index is -0.717. The molecule has 1 atom stereocenters. The molecule has 76 valence electrons. The molecule has 2 rings (SSSR count). The molecule has 3 nitrogen and oxygen atoms in total. The Balaban J connectivity index is 2.14. The highest BCUT2D eigenvalue weighted by atomic mass is 19.1. The summed E-state index contributed by atoms with van der Waals surface area (Å²) in [7, 11) is 0. The van der Waals surface area contributed by atoms with E-state index in [1.165, 1.54) is 0 Å². The summed E-state index contributed by atoms with van der Waals surface area (Å²) < 4.78 is 13.1. The fourth-order valence-electron chi connectivity index (χ4n) is 1.74. The van der Waals surface area contributed by atoms with Crippen LogP contribution in [0.5, 0.6) is 0 Å². The zero-order valence-corrected chi connectivity index (χ0v) is 8.28. The Labute approximate surface area is 83.0 Å². The zero-order chi connectivity index (χ0) is 9.97. The van der Waals surface area contributed by atoms with Crippen LogP contribution in [0, 0.1) is 6.92 Å². The lowest BCUT2D eigenvalue weighted by atomic mass is 10.1. The SMILES string of the molecule is Cc1cncc(N2CCCC(F)C2)n1. The summed E-state index contributed by atoms with van der Waals surface area (Å²) in [4.78, 5) is 10.4. The van der Waals surface area contributed by atoms with Gasteiger partial charge in [0.1, 0.15) is 12.0 Å². The van der Waals surface area contributed by atoms with E-state index in [0.29, 0.717) is 13.0 Å². The van der Waals surface area contributed by atoms with E-state index in [4.69, 9.17) is 0 Å². The molecule has 1 aliphatic rings. The van der Waals surface area contributed by atoms with Gasteiger partial charge >= 0.3 is 0 Å². The quantitative estimate of drug-likeness (QED) is 0.683. The van der Waals surface area contributed by atoms with E-state index in [0.717, 1.165) is 24.5 Å². The van der Waals surface area contributed by atoms with Gasteiger partial charge in [-0.25, -0.2) is 9.37 Å². The highest BCUT2D eigenvalue weighted by Crippen LogP contribution is 2.18. The molecule has 0 N–H and O–H groups in total. The van der Waals surface area contributed by atoms with Crippen molar-refractivity contribution in [3.63, 3.8) is 0 Å². The first-order valence-corrected chi connectivity index (χ1v) is 4.93. The smallest absolute Gasteiger partial charge is 0.147 e. The molecule has 0 spiro atoms. The Hall–Kier alpha value is -1.19. The van der Waals surface area contributed by atoms with Crippen molar-refractivity contribution in [2.45, 2.75) is 25.9 Å². The Bertz CT molecular complexity index is 316. The van der Waals surface area contributed by atoms with Crippen LogP contribution in [0.15, 0.2) is 12.4 Å². The van der Waals surface area contributed by atoms with Gasteiger partial charge in [0, 0.05) is 12.7 Å². The van der Waals surface area contributed by atoms with Gasteiger partial charge in [-0.15, -0.1) is 0 Å². The van der Waals surface area contributed by atoms with Gasteiger partial charge in [-0.1, -0.05) is 0 Å². The van der Waals surface area contributed by atoms with E-state index in [1.54, 1.807) is 12.4 Å². The molecule has 1 fully saturated rings. The Morgan fingerprint density at radius 3 is 3.07 bits per heavy atom. The predicted octanol–water partition coefficient (Wildman–Crippen LogP) is 1.72. The second kappa shape index (κ2) is 3.90. The highest BCUT2D eigenvalue weighted by molar-refractivity contribution is 5.36. The van der Waals surface area contributed by atoms with Gasteiger partial charge < -0.3 is 4.90 Å². The molecular weight excluding hydrogens is 181 g/mol. The molecular formula is C10H14FN3. The lowest BCUT2D eigenvalue weighted by molar-refractivity contribution is 0.286. The third-order valence-electron chi connectivity index (χ3n) is 2.43. The monoisotopic (exact) mass is 195 g/mol. The Morgan fingerprint density at radius 2 is 2.36 bits per heavy atom. The average molecular weight is 195 g/mol. The first-order chi connectivity index (χ1) is 6.75. The molecule has 0 aromatic carbocycles. The van der Waals surface area contributed by atoms with Gasteiger partial charge in [0.2, 0.25) is 0 Å². The summed E-state index contributed by atoms with van der Waals surface area (Å²) in [5, 5.41) is 0. The fraction of sp³-hybridized carbons (Fsp3) is 0.600. The highest BCUT2D eigenvalue weighted by Gasteiger charge is 2.20. The van der Waals surface area contributed by atoms with Crippen molar-refractivity contribution in [1.29, 1.82) is 0 Å². The number of piperidine rings is 1. The van der Waals surface area contributed by atoms with E-state index >= 15 is 0 Å². The Kier molecular flexibility index (Phi) is 2.61. The molecule has 1 unspecified atom stereocenters. The van der Waals surface area contributed by atoms with E-state index < -0.39 is 6.17 Å². The first kappa shape index (κ1) is 9.37. The first-order valence-electron chi connectivity index (χ1n) is 4.93. The normalized spacial score (nSPS) is 22.4. The topological polar surface area (TPSA) is 29.0 Å². The number of anilines is 1. The second-order valence-electron chi connectivity index (χ2n) is 3.70. The maximum Gasteiger partial charge on any atom is 0.147 e. The molecule has 1 saturated heterocycles. The van der Waals surface area contributed by atoms with E-state index in [2.05, 4.69) is 9.97 Å². The molecule has 1 aromatic rings. The molecule has 14 heavy (non-hydrogen) atoms. The standard InChI is InChI=1S/C10H14FN3/c1-8-5-12-6-10(13-8)14-4-2-3-9(11)7-14/h5-6,9H,2-4,7H2,1H3. The minimum absolute atomic E-state index is 0.456. The molecule has 0 radical (unpaired) electrons. The zero-order valence-electron chi connectivity index (χ0n) is 8.28. The van der Waals surface area contributed by atoms with Crippen molar-refractivity contribution in [3.8, 4) is 0 Å². The maximum absolute atomic E-state index is 13.1. The minimum Gasteiger partial charge on any atom is -0.352 e. The van der Waals surface area contributed by atoms with Crippen LogP contribution in [0.2, 0.25) is 0 Å². The van der Waals surface area contributed by atoms with Crippen molar-refractivity contribution in [3.05, 3.63) is 18.1 Å². The van der Waals surface area contributed by atoms with Crippen molar-refractivity contribution < 1.29 is 4.39 Å². The van der Waals surface area contributed by atoms with Gasteiger partial charge in [-0.05, 0) is 19.8 Å². The number of hydrogen-bond donors (Lipinski definition) is 0. The number of rotatable bonds is 1. The second-order valence-corrected chi connectivity index (χ2v) is 3.70. The van der Waals surface area contributed by atoms with Crippen LogP contribution in [0.25, 0.3) is 0 Å². The van der Waals surface area contributed by atoms with E-state index in [1.807, 2.05) is 11.8 Å². The molecule has 2 heterocycles. The number of aromatic nitrogens is 2. The van der Waals surface area contributed by atoms with E-state index in [9.17, 15) is 4.39 Å². The molecule has 0 saturated carbocycles. The van der Waals surface area contributed by atoms with Gasteiger partial charge in [0.25, 0.3) is 0 Å². The van der Waals surface area contributed by atoms with Crippen LogP contribution in [0.3, 0.4) is 0 Å². The third-order valence-corrected chi connectivity index (χ3v) is 2.43. The van der Waals surface area contributed by atoms with Gasteiger partial charge in [0.15, 0.2) is 0 Å². The number of aryl methyl sites for hydroxylation is 1. The van der Waals surface area contributed by atoms with Crippen LogP contribution in [-0.2, 0) is 0 Å². The number of nitrogens with zero attached hydrogens (tertiary/aromatic N) is 3. The molecule has 0 amide bonds. The summed E-state index contributed by atoms with van der Waals surface area (Å²) >= 11 is 0. The van der Waals surface area contributed by atoms with Crippen molar-refractivity contribution >= 4 is 5.82 Å². The van der Waals surface area contributed by atoms with Gasteiger partial charge in [-0.2, -0.15) is 0 Å². The third kappa shape index (κ3) is 2.00. The number of halogens is 1. The average Bonchev–Trinajstić information content (AvgIpc) is 2.18. The van der Waals surface area contributed by atoms with Crippen LogP contribution < -0.4 is 4.90 Å². The lowest BCUT2D eigenvalue weighted by Crippen LogP contribution is -2.37. The summed E-state index contributed by atoms with van der Waals surface area (Å²) in [5.74, 6) is 0.798. The molecule has 0 aliphatic carbocycles. The number of alkyl halides is 1. The molecule has 0 bridgehead atoms. The maximum atomic E-state index is 13.1. The van der Waals surface area contributed by atoms with Crippen molar-refractivity contribution in [2.24, 2.45) is 0 Å². The van der Waals surface area contributed by atoms with Gasteiger partial charge in [0.05, 0.1) is 18.4 Å². The molecule has 1 aliphatic heterocycles. The Morgan fingerprint density at radius 1 is 1.50 bits per heavy atom. The molecule has 1 aromatic heterocycles. The summed E-state index contributed by atoms with van der Waals surface area (Å²) in [6.45, 7) is 3.24. The van der Waals surface area contributed by atoms with Gasteiger partial charge in [-0.3, -0.25) is 4.98 Å². The van der Waals surface area contributed by atoms with Crippen molar-refractivity contribution in [2.75, 3.05) is 18.0 Å². The number of hydrogen-bond acceptors (Lipinski definition) is 3. The van der Waals surface area contributed by atoms with Crippen LogP contribution >= 0.6 is 0 Å². The predicted molar refractivity (Wildman–Crippen MR) is 53.1 cm³/mol. The van der Waals surface area contributed by atoms with Crippen LogP contribution in [-0.4, -0.2) is 29.2 Å². The largest absolute Gasteiger partial charge is 0.352 e. The fourth-order valence-corrected chi connectivity index (χ4v) is 1.74. The summed E-state index contributed by atoms with van der Waals surface area (Å²) in [6, 6.07) is 0. The van der Waals surface area contributed by atoms with Crippen LogP contribution in [0.1, 0.15) is 18.5 Å². The van der Waals surface area contributed by atoms with Crippen molar-refractivity contribution in [1.82, 2.24) is 9.97 Å². The van der Waals surface area contributed by atoms with E-state index in [-0.39, 0.29) is 0 Å². The lowest BCUT2D eigenvalue weighted by Gasteiger charge is -2.29. The molecule has 4 heteroatoms. The van der Waals surface area contributed by atoms with Crippen LogP contribution in [0.4, 0.5) is 10.2 Å². The summed E-state index contributed by atoms with van der Waals surface area (Å²) in [6.07, 6.45) is 4.27.